The van der Waals surface area contributed by atoms with E-state index in [1.165, 1.54) is 18.2 Å². The Morgan fingerprint density at radius 1 is 1.10 bits per heavy atom. The number of aryl methyl sites for hydroxylation is 1. The summed E-state index contributed by atoms with van der Waals surface area (Å²) in [5.74, 6) is -1.32. The molecule has 4 nitrogen and oxygen atoms in total. The summed E-state index contributed by atoms with van der Waals surface area (Å²) >= 11 is 0. The first-order valence-electron chi connectivity index (χ1n) is 6.44. The van der Waals surface area contributed by atoms with E-state index < -0.39 is 5.97 Å². The molecule has 2 rings (SSSR count). The topological polar surface area (TPSA) is 66.4 Å². The van der Waals surface area contributed by atoms with Gasteiger partial charge >= 0.3 is 5.97 Å². The van der Waals surface area contributed by atoms with Gasteiger partial charge in [-0.3, -0.25) is 4.79 Å². The van der Waals surface area contributed by atoms with Gasteiger partial charge in [0.15, 0.2) is 0 Å². The van der Waals surface area contributed by atoms with Gasteiger partial charge < -0.3 is 10.4 Å². The van der Waals surface area contributed by atoms with Crippen molar-refractivity contribution in [3.8, 4) is 0 Å². The van der Waals surface area contributed by atoms with Crippen molar-refractivity contribution in [2.24, 2.45) is 0 Å². The Bertz CT molecular complexity index is 690. The lowest BCUT2D eigenvalue weighted by Crippen LogP contribution is -2.10. The molecule has 0 aliphatic carbocycles. The van der Waals surface area contributed by atoms with Crippen molar-refractivity contribution in [3.63, 3.8) is 0 Å². The molecule has 0 saturated heterocycles. The van der Waals surface area contributed by atoms with Crippen molar-refractivity contribution in [1.82, 2.24) is 0 Å². The summed E-state index contributed by atoms with van der Waals surface area (Å²) in [5, 5.41) is 11.6. The van der Waals surface area contributed by atoms with Crippen LogP contribution in [0, 0.1) is 6.92 Å². The zero-order valence-electron chi connectivity index (χ0n) is 11.5. The second-order valence-electron chi connectivity index (χ2n) is 4.57. The van der Waals surface area contributed by atoms with Crippen LogP contribution < -0.4 is 5.32 Å². The molecule has 0 heterocycles. The number of carbonyl (C=O) groups is 2. The van der Waals surface area contributed by atoms with Crippen LogP contribution in [-0.4, -0.2) is 17.0 Å². The number of rotatable bonds is 4. The SMILES string of the molecule is Cc1ccc(C(=O)O)cc1NC(=O)/C=C/c1ccccc1. The van der Waals surface area contributed by atoms with E-state index >= 15 is 0 Å². The van der Waals surface area contributed by atoms with Gasteiger partial charge in [-0.25, -0.2) is 4.79 Å². The maximum absolute atomic E-state index is 11.9. The highest BCUT2D eigenvalue weighted by molar-refractivity contribution is 6.03. The Hall–Kier alpha value is -2.88. The third-order valence-electron chi connectivity index (χ3n) is 2.97. The van der Waals surface area contributed by atoms with Gasteiger partial charge in [-0.2, -0.15) is 0 Å². The van der Waals surface area contributed by atoms with Gasteiger partial charge in [0, 0.05) is 11.8 Å². The van der Waals surface area contributed by atoms with Crippen LogP contribution in [0.15, 0.2) is 54.6 Å². The molecule has 0 aliphatic rings. The van der Waals surface area contributed by atoms with E-state index in [0.717, 1.165) is 11.1 Å². The van der Waals surface area contributed by atoms with Crippen molar-refractivity contribution in [3.05, 3.63) is 71.3 Å². The summed E-state index contributed by atoms with van der Waals surface area (Å²) in [6.45, 7) is 1.81. The highest BCUT2D eigenvalue weighted by Crippen LogP contribution is 2.17. The van der Waals surface area contributed by atoms with Gasteiger partial charge in [0.2, 0.25) is 5.91 Å². The lowest BCUT2D eigenvalue weighted by atomic mass is 10.1. The molecule has 1 amide bonds. The Morgan fingerprint density at radius 3 is 2.48 bits per heavy atom. The van der Waals surface area contributed by atoms with E-state index in [9.17, 15) is 9.59 Å². The van der Waals surface area contributed by atoms with E-state index in [0.29, 0.717) is 5.69 Å². The van der Waals surface area contributed by atoms with E-state index in [-0.39, 0.29) is 11.5 Å². The molecule has 0 spiro atoms. The molecule has 0 saturated carbocycles. The predicted molar refractivity (Wildman–Crippen MR) is 82.2 cm³/mol. The molecule has 0 atom stereocenters. The Kier molecular flexibility index (Phi) is 4.51. The van der Waals surface area contributed by atoms with Crippen molar-refractivity contribution in [2.45, 2.75) is 6.92 Å². The lowest BCUT2D eigenvalue weighted by molar-refractivity contribution is -0.111. The maximum Gasteiger partial charge on any atom is 0.335 e. The van der Waals surface area contributed by atoms with Crippen LogP contribution >= 0.6 is 0 Å². The van der Waals surface area contributed by atoms with Gasteiger partial charge in [-0.1, -0.05) is 36.4 Å². The average Bonchev–Trinajstić information content (AvgIpc) is 2.48. The average molecular weight is 281 g/mol. The molecular weight excluding hydrogens is 266 g/mol. The van der Waals surface area contributed by atoms with Crippen LogP contribution in [0.2, 0.25) is 0 Å². The normalized spacial score (nSPS) is 10.5. The molecule has 2 N–H and O–H groups in total. The summed E-state index contributed by atoms with van der Waals surface area (Å²) in [4.78, 5) is 22.8. The minimum atomic E-state index is -1.02. The summed E-state index contributed by atoms with van der Waals surface area (Å²) in [6, 6.07) is 14.1. The molecule has 0 aromatic heterocycles. The molecule has 0 unspecified atom stereocenters. The van der Waals surface area contributed by atoms with Crippen LogP contribution in [0.3, 0.4) is 0 Å². The lowest BCUT2D eigenvalue weighted by Gasteiger charge is -2.07. The standard InChI is InChI=1S/C17H15NO3/c1-12-7-9-14(17(20)21)11-15(12)18-16(19)10-8-13-5-3-2-4-6-13/h2-11H,1H3,(H,18,19)(H,20,21)/b10-8+. The zero-order valence-corrected chi connectivity index (χ0v) is 11.5. The second kappa shape index (κ2) is 6.52. The Labute approximate surface area is 122 Å². The van der Waals surface area contributed by atoms with Crippen LogP contribution in [0.4, 0.5) is 5.69 Å². The van der Waals surface area contributed by atoms with Crippen LogP contribution in [0.5, 0.6) is 0 Å². The number of hydrogen-bond acceptors (Lipinski definition) is 2. The van der Waals surface area contributed by atoms with Gasteiger partial charge in [-0.05, 0) is 36.3 Å². The van der Waals surface area contributed by atoms with Gasteiger partial charge in [0.1, 0.15) is 0 Å². The maximum atomic E-state index is 11.9. The first-order chi connectivity index (χ1) is 10.1. The number of hydrogen-bond donors (Lipinski definition) is 2. The first-order valence-corrected chi connectivity index (χ1v) is 6.44. The molecule has 106 valence electrons. The summed E-state index contributed by atoms with van der Waals surface area (Å²) in [6.07, 6.45) is 3.12. The molecule has 0 bridgehead atoms. The van der Waals surface area contributed by atoms with Crippen LogP contribution in [0.25, 0.3) is 6.08 Å². The van der Waals surface area contributed by atoms with Crippen molar-refractivity contribution >= 4 is 23.6 Å². The molecule has 0 fully saturated rings. The minimum absolute atomic E-state index is 0.142. The minimum Gasteiger partial charge on any atom is -0.478 e. The third-order valence-corrected chi connectivity index (χ3v) is 2.97. The van der Waals surface area contributed by atoms with E-state index in [4.69, 9.17) is 5.11 Å². The molecule has 21 heavy (non-hydrogen) atoms. The fraction of sp³-hybridized carbons (Fsp3) is 0.0588. The summed E-state index contributed by atoms with van der Waals surface area (Å²) in [5.41, 5.74) is 2.37. The van der Waals surface area contributed by atoms with Crippen LogP contribution in [0.1, 0.15) is 21.5 Å². The van der Waals surface area contributed by atoms with Crippen LogP contribution in [-0.2, 0) is 4.79 Å². The largest absolute Gasteiger partial charge is 0.478 e. The number of anilines is 1. The number of benzene rings is 2. The highest BCUT2D eigenvalue weighted by atomic mass is 16.4. The van der Waals surface area contributed by atoms with E-state index in [1.54, 1.807) is 12.1 Å². The van der Waals surface area contributed by atoms with Gasteiger partial charge in [-0.15, -0.1) is 0 Å². The van der Waals surface area contributed by atoms with Crippen molar-refractivity contribution in [1.29, 1.82) is 0 Å². The number of aromatic carboxylic acids is 1. The molecule has 0 aliphatic heterocycles. The summed E-state index contributed by atoms with van der Waals surface area (Å²) < 4.78 is 0. The number of nitrogens with one attached hydrogen (secondary N) is 1. The molecule has 4 heteroatoms. The van der Waals surface area contributed by atoms with Crippen molar-refractivity contribution in [2.75, 3.05) is 5.32 Å². The van der Waals surface area contributed by atoms with E-state index in [1.807, 2.05) is 37.3 Å². The molecule has 2 aromatic rings. The third kappa shape index (κ3) is 4.04. The highest BCUT2D eigenvalue weighted by Gasteiger charge is 2.07. The predicted octanol–water partition coefficient (Wildman–Crippen LogP) is 3.35. The van der Waals surface area contributed by atoms with E-state index in [2.05, 4.69) is 5.32 Å². The number of carboxylic acid groups (broad SMARTS) is 1. The van der Waals surface area contributed by atoms with Gasteiger partial charge in [0.05, 0.1) is 5.56 Å². The first kappa shape index (κ1) is 14.5. The number of carboxylic acids is 1. The Morgan fingerprint density at radius 2 is 1.81 bits per heavy atom. The zero-order chi connectivity index (χ0) is 15.2. The number of amides is 1. The smallest absolute Gasteiger partial charge is 0.335 e. The monoisotopic (exact) mass is 281 g/mol. The Balaban J connectivity index is 2.11. The fourth-order valence-electron chi connectivity index (χ4n) is 1.80. The molecule has 2 aromatic carbocycles. The molecule has 0 radical (unpaired) electrons. The quantitative estimate of drug-likeness (QED) is 0.845. The van der Waals surface area contributed by atoms with Crippen molar-refractivity contribution < 1.29 is 14.7 Å². The second-order valence-corrected chi connectivity index (χ2v) is 4.57. The number of carbonyl (C=O) groups excluding carboxylic acids is 1. The fourth-order valence-corrected chi connectivity index (χ4v) is 1.80. The van der Waals surface area contributed by atoms with Gasteiger partial charge in [0.25, 0.3) is 0 Å². The molecular formula is C17H15NO3. The summed E-state index contributed by atoms with van der Waals surface area (Å²) in [7, 11) is 0.